The van der Waals surface area contributed by atoms with Crippen molar-refractivity contribution in [3.05, 3.63) is 48.5 Å². The number of benzene rings is 2. The first-order valence-corrected chi connectivity index (χ1v) is 7.29. The molecule has 0 aromatic heterocycles. The molecule has 0 saturated heterocycles. The van der Waals surface area contributed by atoms with E-state index in [-0.39, 0.29) is 23.0 Å². The average Bonchev–Trinajstić information content (AvgIpc) is 2.47. The van der Waals surface area contributed by atoms with Gasteiger partial charge in [0, 0.05) is 0 Å². The second-order valence-electron chi connectivity index (χ2n) is 3.88. The van der Waals surface area contributed by atoms with Gasteiger partial charge in [-0.2, -0.15) is 0 Å². The molecule has 7 heteroatoms. The minimum absolute atomic E-state index is 0.0369. The van der Waals surface area contributed by atoms with Gasteiger partial charge in [0.05, 0.1) is 14.2 Å². The van der Waals surface area contributed by atoms with Crippen molar-refractivity contribution in [2.45, 2.75) is 0 Å². The Kier molecular flexibility index (Phi) is 4.54. The van der Waals surface area contributed by atoms with Gasteiger partial charge in [-0.3, -0.25) is 0 Å². The molecular weight excluding hydrogens is 296 g/mol. The lowest BCUT2D eigenvalue weighted by atomic mass is 10.3. The van der Waals surface area contributed by atoms with Crippen LogP contribution >= 0.6 is 0 Å². The van der Waals surface area contributed by atoms with Gasteiger partial charge in [-0.25, -0.2) is 0 Å². The number of ether oxygens (including phenoxy) is 2. The van der Waals surface area contributed by atoms with Crippen LogP contribution in [0, 0.1) is 0 Å². The van der Waals surface area contributed by atoms with E-state index in [9.17, 15) is 8.42 Å². The van der Waals surface area contributed by atoms with Crippen LogP contribution in [0.1, 0.15) is 0 Å². The predicted molar refractivity (Wildman–Crippen MR) is 76.2 cm³/mol. The monoisotopic (exact) mass is 310 g/mol. The van der Waals surface area contributed by atoms with Crippen LogP contribution in [0.4, 0.5) is 0 Å². The van der Waals surface area contributed by atoms with Gasteiger partial charge in [-0.05, 0) is 24.3 Å². The molecule has 0 fully saturated rings. The Balaban J connectivity index is 2.23. The molecule has 0 spiro atoms. The quantitative estimate of drug-likeness (QED) is 0.816. The summed E-state index contributed by atoms with van der Waals surface area (Å²) >= 11 is 0. The highest BCUT2D eigenvalue weighted by atomic mass is 32.3. The third kappa shape index (κ3) is 3.79. The summed E-state index contributed by atoms with van der Waals surface area (Å²) in [6.45, 7) is 0. The maximum atomic E-state index is 12.0. The highest BCUT2D eigenvalue weighted by Gasteiger charge is 2.20. The highest BCUT2D eigenvalue weighted by Crippen LogP contribution is 2.30. The molecule has 0 bridgehead atoms. The largest absolute Gasteiger partial charge is 0.501 e. The molecular formula is C14H14O6S. The number of para-hydroxylation sites is 4. The molecule has 2 aromatic rings. The Morgan fingerprint density at radius 1 is 0.667 bits per heavy atom. The van der Waals surface area contributed by atoms with Crippen molar-refractivity contribution in [3.8, 4) is 23.0 Å². The minimum Gasteiger partial charge on any atom is -0.493 e. The molecule has 112 valence electrons. The van der Waals surface area contributed by atoms with Crippen LogP contribution in [-0.2, 0) is 10.4 Å². The number of hydrogen-bond donors (Lipinski definition) is 0. The predicted octanol–water partition coefficient (Wildman–Crippen LogP) is 2.41. The summed E-state index contributed by atoms with van der Waals surface area (Å²) in [5, 5.41) is 0. The van der Waals surface area contributed by atoms with E-state index in [0.29, 0.717) is 0 Å². The van der Waals surface area contributed by atoms with Crippen LogP contribution in [0.2, 0.25) is 0 Å². The summed E-state index contributed by atoms with van der Waals surface area (Å²) in [5.41, 5.74) is 0. The van der Waals surface area contributed by atoms with Gasteiger partial charge in [-0.1, -0.05) is 24.3 Å². The second kappa shape index (κ2) is 6.36. The fraction of sp³-hybridized carbons (Fsp3) is 0.143. The Hall–Kier alpha value is -2.41. The van der Waals surface area contributed by atoms with Gasteiger partial charge in [0.15, 0.2) is 23.0 Å². The van der Waals surface area contributed by atoms with E-state index in [1.165, 1.54) is 26.4 Å². The van der Waals surface area contributed by atoms with E-state index in [1.54, 1.807) is 36.4 Å². The highest BCUT2D eigenvalue weighted by molar-refractivity contribution is 7.82. The lowest BCUT2D eigenvalue weighted by molar-refractivity contribution is 0.351. The molecule has 0 aliphatic rings. The van der Waals surface area contributed by atoms with Gasteiger partial charge >= 0.3 is 10.4 Å². The smallest absolute Gasteiger partial charge is 0.493 e. The molecule has 0 heterocycles. The van der Waals surface area contributed by atoms with Crippen molar-refractivity contribution in [2.24, 2.45) is 0 Å². The zero-order chi connectivity index (χ0) is 15.3. The summed E-state index contributed by atoms with van der Waals surface area (Å²) in [6, 6.07) is 12.7. The zero-order valence-corrected chi connectivity index (χ0v) is 12.3. The molecule has 0 aliphatic carbocycles. The number of hydrogen-bond acceptors (Lipinski definition) is 6. The molecule has 0 N–H and O–H groups in total. The third-order valence-corrected chi connectivity index (χ3v) is 3.29. The fourth-order valence-corrected chi connectivity index (χ4v) is 2.36. The molecule has 0 radical (unpaired) electrons. The lowest BCUT2D eigenvalue weighted by Crippen LogP contribution is -2.17. The first-order chi connectivity index (χ1) is 10.1. The summed E-state index contributed by atoms with van der Waals surface area (Å²) in [5.74, 6) is 0.638. The van der Waals surface area contributed by atoms with Crippen LogP contribution in [0.15, 0.2) is 48.5 Å². The molecule has 2 rings (SSSR count). The van der Waals surface area contributed by atoms with Crippen molar-refractivity contribution in [1.29, 1.82) is 0 Å². The summed E-state index contributed by atoms with van der Waals surface area (Å²) in [7, 11) is -1.49. The van der Waals surface area contributed by atoms with E-state index >= 15 is 0 Å². The van der Waals surface area contributed by atoms with E-state index < -0.39 is 10.4 Å². The lowest BCUT2D eigenvalue weighted by Gasteiger charge is -2.12. The van der Waals surface area contributed by atoms with E-state index in [2.05, 4.69) is 0 Å². The molecule has 6 nitrogen and oxygen atoms in total. The zero-order valence-electron chi connectivity index (χ0n) is 11.5. The summed E-state index contributed by atoms with van der Waals surface area (Å²) in [4.78, 5) is 0. The molecule has 2 aromatic carbocycles. The average molecular weight is 310 g/mol. The third-order valence-electron chi connectivity index (χ3n) is 2.52. The Morgan fingerprint density at radius 2 is 1.00 bits per heavy atom. The van der Waals surface area contributed by atoms with Crippen molar-refractivity contribution >= 4 is 10.4 Å². The van der Waals surface area contributed by atoms with Crippen molar-refractivity contribution in [2.75, 3.05) is 14.2 Å². The SMILES string of the molecule is COc1ccccc1OS(=O)(=O)Oc1ccccc1OC. The Bertz CT molecular complexity index is 655. The van der Waals surface area contributed by atoms with Gasteiger partial charge in [0.1, 0.15) is 0 Å². The first kappa shape index (κ1) is 15.0. The fourth-order valence-electron chi connectivity index (χ4n) is 1.61. The molecule has 0 aliphatic heterocycles. The molecule has 0 atom stereocenters. The van der Waals surface area contributed by atoms with Crippen LogP contribution in [0.3, 0.4) is 0 Å². The van der Waals surface area contributed by atoms with Crippen molar-refractivity contribution in [1.82, 2.24) is 0 Å². The Labute approximate surface area is 123 Å². The molecule has 0 amide bonds. The second-order valence-corrected chi connectivity index (χ2v) is 5.03. The van der Waals surface area contributed by atoms with Gasteiger partial charge in [-0.15, -0.1) is 8.42 Å². The van der Waals surface area contributed by atoms with E-state index in [0.717, 1.165) is 0 Å². The van der Waals surface area contributed by atoms with E-state index in [1.807, 2.05) is 0 Å². The summed E-state index contributed by atoms with van der Waals surface area (Å²) in [6.07, 6.45) is 0. The normalized spacial score (nSPS) is 10.8. The topological polar surface area (TPSA) is 71.1 Å². The van der Waals surface area contributed by atoms with Gasteiger partial charge < -0.3 is 17.8 Å². The van der Waals surface area contributed by atoms with Crippen LogP contribution < -0.4 is 17.8 Å². The molecule has 21 heavy (non-hydrogen) atoms. The van der Waals surface area contributed by atoms with Crippen LogP contribution in [0.25, 0.3) is 0 Å². The van der Waals surface area contributed by atoms with Crippen molar-refractivity contribution < 1.29 is 26.3 Å². The Morgan fingerprint density at radius 3 is 1.33 bits per heavy atom. The van der Waals surface area contributed by atoms with Gasteiger partial charge in [0.25, 0.3) is 0 Å². The summed E-state index contributed by atoms with van der Waals surface area (Å²) < 4.78 is 43.7. The maximum Gasteiger partial charge on any atom is 0.501 e. The van der Waals surface area contributed by atoms with Crippen LogP contribution in [-0.4, -0.2) is 22.6 Å². The van der Waals surface area contributed by atoms with E-state index in [4.69, 9.17) is 17.8 Å². The number of rotatable bonds is 6. The molecule has 0 saturated carbocycles. The van der Waals surface area contributed by atoms with Crippen molar-refractivity contribution in [3.63, 3.8) is 0 Å². The minimum atomic E-state index is -4.31. The number of methoxy groups -OCH3 is 2. The van der Waals surface area contributed by atoms with Crippen LogP contribution in [0.5, 0.6) is 23.0 Å². The molecule has 0 unspecified atom stereocenters. The standard InChI is InChI=1S/C14H14O6S/c1-17-11-7-3-5-9-13(11)19-21(15,16)20-14-10-6-4-8-12(14)18-2/h3-10H,1-2H3. The first-order valence-electron chi connectivity index (χ1n) is 5.95. The maximum absolute atomic E-state index is 12.0. The van der Waals surface area contributed by atoms with Gasteiger partial charge in [0.2, 0.25) is 0 Å².